The molecule has 8 heteroatoms. The molecule has 0 aromatic carbocycles. The lowest BCUT2D eigenvalue weighted by Gasteiger charge is -2.47. The minimum atomic E-state index is -0.205. The summed E-state index contributed by atoms with van der Waals surface area (Å²) >= 11 is 0. The topological polar surface area (TPSA) is 83.2 Å². The van der Waals surface area contributed by atoms with Crippen molar-refractivity contribution in [1.82, 2.24) is 15.1 Å². The van der Waals surface area contributed by atoms with Crippen molar-refractivity contribution in [2.75, 3.05) is 39.3 Å². The maximum Gasteiger partial charge on any atom is 0.409 e. The summed E-state index contributed by atoms with van der Waals surface area (Å²) in [6.07, 6.45) is 12.0. The molecule has 1 saturated carbocycles. The van der Waals surface area contributed by atoms with Crippen molar-refractivity contribution >= 4 is 36.0 Å². The summed E-state index contributed by atoms with van der Waals surface area (Å²) < 4.78 is 5.09. The van der Waals surface area contributed by atoms with Crippen LogP contribution in [-0.2, 0) is 4.74 Å². The number of nitrogens with two attached hydrogens (primary N) is 1. The zero-order valence-corrected chi connectivity index (χ0v) is 20.4. The van der Waals surface area contributed by atoms with Crippen molar-refractivity contribution in [3.8, 4) is 0 Å². The van der Waals surface area contributed by atoms with Crippen molar-refractivity contribution in [3.63, 3.8) is 0 Å². The smallest absolute Gasteiger partial charge is 0.409 e. The molecule has 7 nitrogen and oxygen atoms in total. The third kappa shape index (κ3) is 6.87. The average Bonchev–Trinajstić information content (AvgIpc) is 2.74. The molecule has 168 valence electrons. The van der Waals surface area contributed by atoms with Crippen LogP contribution in [0.5, 0.6) is 0 Å². The van der Waals surface area contributed by atoms with Gasteiger partial charge in [0.15, 0.2) is 5.96 Å². The van der Waals surface area contributed by atoms with E-state index in [0.29, 0.717) is 25.7 Å². The number of halogens is 1. The minimum absolute atomic E-state index is 0. The predicted octanol–water partition coefficient (Wildman–Crippen LogP) is 3.32. The van der Waals surface area contributed by atoms with Crippen LogP contribution in [0.3, 0.4) is 0 Å². The Hall–Kier alpha value is -0.770. The van der Waals surface area contributed by atoms with E-state index in [4.69, 9.17) is 15.5 Å². The SMILES string of the molecule is CCOC(=O)N1CCC(NC(N)=NCC2(N3CCCCC3)CCCCC2)CC1.I. The molecule has 0 aromatic rings. The van der Waals surface area contributed by atoms with Crippen molar-refractivity contribution in [2.45, 2.75) is 82.7 Å². The molecule has 0 unspecified atom stereocenters. The lowest BCUT2D eigenvalue weighted by molar-refractivity contribution is 0.0407. The lowest BCUT2D eigenvalue weighted by Crippen LogP contribution is -2.55. The Morgan fingerprint density at radius 1 is 1.07 bits per heavy atom. The Morgan fingerprint density at radius 3 is 2.31 bits per heavy atom. The number of piperidine rings is 2. The van der Waals surface area contributed by atoms with E-state index in [0.717, 1.165) is 19.4 Å². The summed E-state index contributed by atoms with van der Waals surface area (Å²) in [6.45, 7) is 6.93. The van der Waals surface area contributed by atoms with Gasteiger partial charge in [-0.1, -0.05) is 25.7 Å². The Morgan fingerprint density at radius 2 is 1.69 bits per heavy atom. The molecule has 0 aromatic heterocycles. The molecule has 1 amide bonds. The third-order valence-corrected chi connectivity index (χ3v) is 6.73. The summed E-state index contributed by atoms with van der Waals surface area (Å²) in [5.74, 6) is 0.566. The fourth-order valence-electron chi connectivity index (χ4n) is 5.06. The zero-order valence-electron chi connectivity index (χ0n) is 18.0. The molecule has 2 aliphatic heterocycles. The van der Waals surface area contributed by atoms with Gasteiger partial charge < -0.3 is 20.7 Å². The molecule has 3 fully saturated rings. The summed E-state index contributed by atoms with van der Waals surface area (Å²) in [5, 5.41) is 3.40. The van der Waals surface area contributed by atoms with Crippen LogP contribution in [0.15, 0.2) is 4.99 Å². The third-order valence-electron chi connectivity index (χ3n) is 6.73. The number of ether oxygens (including phenoxy) is 1. The number of carbonyl (C=O) groups is 1. The van der Waals surface area contributed by atoms with E-state index in [1.807, 2.05) is 6.92 Å². The van der Waals surface area contributed by atoms with Gasteiger partial charge in [0.25, 0.3) is 0 Å². The standard InChI is InChI=1S/C21H39N5O2.HI/c1-2-28-20(27)25-15-9-18(10-16-25)24-19(22)23-17-21(11-5-3-6-12-21)26-13-7-4-8-14-26;/h18H,2-17H2,1H3,(H3,22,23,24);1H. The van der Waals surface area contributed by atoms with Crippen molar-refractivity contribution in [1.29, 1.82) is 0 Å². The number of guanidine groups is 1. The predicted molar refractivity (Wildman–Crippen MR) is 128 cm³/mol. The van der Waals surface area contributed by atoms with E-state index in [1.54, 1.807) is 4.90 Å². The van der Waals surface area contributed by atoms with E-state index < -0.39 is 0 Å². The van der Waals surface area contributed by atoms with Gasteiger partial charge in [-0.15, -0.1) is 24.0 Å². The van der Waals surface area contributed by atoms with E-state index in [2.05, 4.69) is 10.2 Å². The summed E-state index contributed by atoms with van der Waals surface area (Å²) in [6, 6.07) is 0.284. The van der Waals surface area contributed by atoms with E-state index in [9.17, 15) is 4.79 Å². The Labute approximate surface area is 193 Å². The second-order valence-corrected chi connectivity index (χ2v) is 8.64. The van der Waals surface area contributed by atoms with Gasteiger partial charge in [0.05, 0.1) is 13.2 Å². The summed E-state index contributed by atoms with van der Waals surface area (Å²) in [5.41, 5.74) is 6.49. The first-order valence-corrected chi connectivity index (χ1v) is 11.4. The highest BCUT2D eigenvalue weighted by Gasteiger charge is 2.38. The fraction of sp³-hybridized carbons (Fsp3) is 0.905. The quantitative estimate of drug-likeness (QED) is 0.330. The number of likely N-dealkylation sites (tertiary alicyclic amines) is 2. The van der Waals surface area contributed by atoms with Crippen LogP contribution >= 0.6 is 24.0 Å². The van der Waals surface area contributed by atoms with Gasteiger partial charge in [0.2, 0.25) is 0 Å². The zero-order chi connectivity index (χ0) is 19.8. The fourth-order valence-corrected chi connectivity index (χ4v) is 5.06. The van der Waals surface area contributed by atoms with E-state index >= 15 is 0 Å². The number of hydrogen-bond donors (Lipinski definition) is 2. The van der Waals surface area contributed by atoms with Crippen LogP contribution in [0.4, 0.5) is 4.79 Å². The van der Waals surface area contributed by atoms with Gasteiger partial charge in [-0.3, -0.25) is 9.89 Å². The monoisotopic (exact) mass is 521 g/mol. The van der Waals surface area contributed by atoms with Crippen LogP contribution in [0.2, 0.25) is 0 Å². The molecular formula is C21H40IN5O2. The number of hydrogen-bond acceptors (Lipinski definition) is 4. The average molecular weight is 521 g/mol. The lowest BCUT2D eigenvalue weighted by atomic mass is 9.79. The first kappa shape index (κ1) is 24.5. The molecule has 0 spiro atoms. The van der Waals surface area contributed by atoms with Gasteiger partial charge in [-0.2, -0.15) is 0 Å². The molecule has 2 heterocycles. The van der Waals surface area contributed by atoms with Crippen molar-refractivity contribution in [3.05, 3.63) is 0 Å². The molecule has 1 aliphatic carbocycles. The van der Waals surface area contributed by atoms with Crippen LogP contribution in [0, 0.1) is 0 Å². The van der Waals surface area contributed by atoms with Crippen LogP contribution in [0.25, 0.3) is 0 Å². The van der Waals surface area contributed by atoms with Crippen LogP contribution in [0.1, 0.15) is 71.1 Å². The molecule has 3 N–H and O–H groups in total. The van der Waals surface area contributed by atoms with E-state index in [-0.39, 0.29) is 41.7 Å². The van der Waals surface area contributed by atoms with Gasteiger partial charge in [0, 0.05) is 24.7 Å². The Bertz CT molecular complexity index is 525. The summed E-state index contributed by atoms with van der Waals surface area (Å²) in [4.78, 5) is 21.1. The first-order valence-electron chi connectivity index (χ1n) is 11.4. The number of carbonyl (C=O) groups excluding carboxylic acids is 1. The molecule has 2 saturated heterocycles. The normalized spacial score (nSPS) is 23.9. The molecule has 0 atom stereocenters. The summed E-state index contributed by atoms with van der Waals surface area (Å²) in [7, 11) is 0. The molecular weight excluding hydrogens is 481 g/mol. The van der Waals surface area contributed by atoms with E-state index in [1.165, 1.54) is 64.5 Å². The van der Waals surface area contributed by atoms with Gasteiger partial charge >= 0.3 is 6.09 Å². The number of nitrogens with zero attached hydrogens (tertiary/aromatic N) is 3. The van der Waals surface area contributed by atoms with Gasteiger partial charge in [0.1, 0.15) is 0 Å². The number of aliphatic imine (C=N–C) groups is 1. The molecule has 3 aliphatic rings. The Balaban J connectivity index is 0.00000300. The molecule has 0 radical (unpaired) electrons. The number of amides is 1. The highest BCUT2D eigenvalue weighted by atomic mass is 127. The Kier molecular flexibility index (Phi) is 10.3. The second kappa shape index (κ2) is 12.2. The van der Waals surface area contributed by atoms with Gasteiger partial charge in [-0.25, -0.2) is 4.79 Å². The van der Waals surface area contributed by atoms with Crippen LogP contribution in [-0.4, -0.2) is 72.8 Å². The highest BCUT2D eigenvalue weighted by molar-refractivity contribution is 14.0. The number of nitrogens with one attached hydrogen (secondary N) is 1. The van der Waals surface area contributed by atoms with Crippen molar-refractivity contribution in [2.24, 2.45) is 10.7 Å². The first-order chi connectivity index (χ1) is 13.6. The largest absolute Gasteiger partial charge is 0.450 e. The van der Waals surface area contributed by atoms with Crippen LogP contribution < -0.4 is 11.1 Å². The number of rotatable bonds is 5. The van der Waals surface area contributed by atoms with Gasteiger partial charge in [-0.05, 0) is 58.5 Å². The highest BCUT2D eigenvalue weighted by Crippen LogP contribution is 2.35. The maximum atomic E-state index is 11.8. The second-order valence-electron chi connectivity index (χ2n) is 8.64. The molecule has 0 bridgehead atoms. The molecule has 29 heavy (non-hydrogen) atoms. The maximum absolute atomic E-state index is 11.8. The van der Waals surface area contributed by atoms with Crippen molar-refractivity contribution < 1.29 is 9.53 Å². The minimum Gasteiger partial charge on any atom is -0.450 e. The molecule has 3 rings (SSSR count).